The minimum Gasteiger partial charge on any atom is -0.508 e. The van der Waals surface area contributed by atoms with Crippen LogP contribution in [0.3, 0.4) is 0 Å². The quantitative estimate of drug-likeness (QED) is 0.448. The smallest absolute Gasteiger partial charge is 0.126 e. The first-order chi connectivity index (χ1) is 13.8. The van der Waals surface area contributed by atoms with Gasteiger partial charge < -0.3 is 14.6 Å². The predicted octanol–water partition coefficient (Wildman–Crippen LogP) is 5.66. The molecule has 142 valence electrons. The molecule has 28 heavy (non-hydrogen) atoms. The highest BCUT2D eigenvalue weighted by Gasteiger charge is 2.33. The van der Waals surface area contributed by atoms with Gasteiger partial charge in [-0.3, -0.25) is 0 Å². The fourth-order valence-electron chi connectivity index (χ4n) is 3.83. The zero-order valence-electron chi connectivity index (χ0n) is 15.8. The molecule has 0 amide bonds. The van der Waals surface area contributed by atoms with Gasteiger partial charge in [-0.2, -0.15) is 0 Å². The molecule has 4 rings (SSSR count). The lowest BCUT2D eigenvalue weighted by atomic mass is 9.76. The zero-order valence-corrected chi connectivity index (χ0v) is 15.8. The largest absolute Gasteiger partial charge is 0.508 e. The van der Waals surface area contributed by atoms with Gasteiger partial charge in [-0.15, -0.1) is 6.58 Å². The first-order valence-corrected chi connectivity index (χ1v) is 9.60. The van der Waals surface area contributed by atoms with Crippen LogP contribution in [0.15, 0.2) is 85.5 Å². The first kappa shape index (κ1) is 18.2. The van der Waals surface area contributed by atoms with Crippen molar-refractivity contribution in [3.05, 3.63) is 102 Å². The Hall–Kier alpha value is -3.20. The van der Waals surface area contributed by atoms with Crippen molar-refractivity contribution in [2.24, 2.45) is 0 Å². The van der Waals surface area contributed by atoms with Gasteiger partial charge in [0, 0.05) is 23.5 Å². The van der Waals surface area contributed by atoms with E-state index >= 15 is 0 Å². The van der Waals surface area contributed by atoms with Crippen molar-refractivity contribution >= 4 is 0 Å². The average molecular weight is 372 g/mol. The lowest BCUT2D eigenvalue weighted by molar-refractivity contribution is 0.247. The average Bonchev–Trinajstić information content (AvgIpc) is 2.74. The fraction of sp³-hybridized carbons (Fsp3) is 0.200. The van der Waals surface area contributed by atoms with Gasteiger partial charge in [0.05, 0.1) is 13.2 Å². The third kappa shape index (κ3) is 3.74. The fourth-order valence-corrected chi connectivity index (χ4v) is 3.83. The maximum atomic E-state index is 9.86. The van der Waals surface area contributed by atoms with E-state index in [9.17, 15) is 5.11 Å². The Bertz CT molecular complexity index is 932. The summed E-state index contributed by atoms with van der Waals surface area (Å²) in [7, 11) is 0. The highest BCUT2D eigenvalue weighted by atomic mass is 16.5. The van der Waals surface area contributed by atoms with Crippen molar-refractivity contribution in [1.82, 2.24) is 0 Å². The van der Waals surface area contributed by atoms with Crippen molar-refractivity contribution in [2.75, 3.05) is 13.2 Å². The van der Waals surface area contributed by atoms with E-state index in [4.69, 9.17) is 9.47 Å². The van der Waals surface area contributed by atoms with Gasteiger partial charge >= 0.3 is 0 Å². The summed E-state index contributed by atoms with van der Waals surface area (Å²) in [6, 6.07) is 24.2. The highest BCUT2D eigenvalue weighted by Crippen LogP contribution is 2.47. The van der Waals surface area contributed by atoms with Crippen LogP contribution in [-0.2, 0) is 0 Å². The molecule has 0 spiro atoms. The molecular weight excluding hydrogens is 348 g/mol. The van der Waals surface area contributed by atoms with Crippen LogP contribution in [0.2, 0.25) is 0 Å². The minimum absolute atomic E-state index is 0.147. The summed E-state index contributed by atoms with van der Waals surface area (Å²) in [5.74, 6) is 2.18. The van der Waals surface area contributed by atoms with Crippen molar-refractivity contribution in [3.63, 3.8) is 0 Å². The summed E-state index contributed by atoms with van der Waals surface area (Å²) in [4.78, 5) is 0. The molecule has 0 radical (unpaired) electrons. The molecule has 0 aromatic heterocycles. The molecule has 3 nitrogen and oxygen atoms in total. The second kappa shape index (κ2) is 8.22. The molecule has 1 aliphatic rings. The van der Waals surface area contributed by atoms with E-state index < -0.39 is 0 Å². The molecule has 0 bridgehead atoms. The molecule has 3 aromatic carbocycles. The van der Waals surface area contributed by atoms with E-state index in [1.807, 2.05) is 30.3 Å². The van der Waals surface area contributed by atoms with Crippen molar-refractivity contribution in [3.8, 4) is 17.2 Å². The van der Waals surface area contributed by atoms with E-state index in [1.54, 1.807) is 12.1 Å². The minimum atomic E-state index is 0.147. The third-order valence-electron chi connectivity index (χ3n) is 5.21. The van der Waals surface area contributed by atoms with Gasteiger partial charge in [0.15, 0.2) is 0 Å². The normalized spacial score (nSPS) is 18.0. The lowest BCUT2D eigenvalue weighted by Gasteiger charge is -2.34. The van der Waals surface area contributed by atoms with Crippen LogP contribution in [0.4, 0.5) is 0 Å². The molecule has 0 saturated carbocycles. The second-order valence-corrected chi connectivity index (χ2v) is 7.02. The number of phenols is 1. The number of fused-ring (bicyclic) bond motifs is 1. The summed E-state index contributed by atoms with van der Waals surface area (Å²) >= 11 is 0. The molecule has 1 heterocycles. The second-order valence-electron chi connectivity index (χ2n) is 7.02. The molecule has 0 saturated heterocycles. The van der Waals surface area contributed by atoms with Crippen LogP contribution in [-0.4, -0.2) is 18.3 Å². The third-order valence-corrected chi connectivity index (χ3v) is 5.21. The number of rotatable bonds is 6. The topological polar surface area (TPSA) is 38.7 Å². The van der Waals surface area contributed by atoms with E-state index in [0.717, 1.165) is 23.5 Å². The molecule has 0 unspecified atom stereocenters. The molecule has 3 heteroatoms. The van der Waals surface area contributed by atoms with Crippen LogP contribution in [0.1, 0.15) is 34.9 Å². The van der Waals surface area contributed by atoms with E-state index in [2.05, 4.69) is 43.0 Å². The molecule has 0 fully saturated rings. The molecule has 1 aliphatic heterocycles. The Morgan fingerprint density at radius 3 is 2.54 bits per heavy atom. The first-order valence-electron chi connectivity index (χ1n) is 9.60. The van der Waals surface area contributed by atoms with E-state index in [0.29, 0.717) is 13.2 Å². The van der Waals surface area contributed by atoms with Crippen molar-refractivity contribution in [2.45, 2.75) is 18.3 Å². The maximum absolute atomic E-state index is 9.86. The van der Waals surface area contributed by atoms with Gasteiger partial charge in [0.25, 0.3) is 0 Å². The Kier molecular flexibility index (Phi) is 5.34. The molecule has 1 N–H and O–H groups in total. The summed E-state index contributed by atoms with van der Waals surface area (Å²) in [6.07, 6.45) is 2.68. The summed E-state index contributed by atoms with van der Waals surface area (Å²) in [5.41, 5.74) is 3.55. The Labute approximate surface area is 165 Å². The van der Waals surface area contributed by atoms with E-state index in [-0.39, 0.29) is 17.6 Å². The van der Waals surface area contributed by atoms with Gasteiger partial charge in [-0.05, 0) is 35.7 Å². The van der Waals surface area contributed by atoms with Crippen LogP contribution in [0, 0.1) is 0 Å². The molecule has 2 atom stereocenters. The van der Waals surface area contributed by atoms with E-state index in [1.165, 1.54) is 11.1 Å². The lowest BCUT2D eigenvalue weighted by Crippen LogP contribution is -2.25. The number of hydrogen-bond acceptors (Lipinski definition) is 3. The Morgan fingerprint density at radius 1 is 1.00 bits per heavy atom. The van der Waals surface area contributed by atoms with Crippen LogP contribution < -0.4 is 9.47 Å². The van der Waals surface area contributed by atoms with Gasteiger partial charge in [-0.1, -0.05) is 54.6 Å². The number of phenolic OH excluding ortho intramolecular Hbond substituents is 1. The van der Waals surface area contributed by atoms with Gasteiger partial charge in [-0.25, -0.2) is 0 Å². The van der Waals surface area contributed by atoms with Crippen LogP contribution in [0.5, 0.6) is 17.2 Å². The van der Waals surface area contributed by atoms with Gasteiger partial charge in [0.2, 0.25) is 0 Å². The molecule has 3 aromatic rings. The van der Waals surface area contributed by atoms with Gasteiger partial charge in [0.1, 0.15) is 17.2 Å². The Balaban J connectivity index is 1.70. The van der Waals surface area contributed by atoms with Crippen molar-refractivity contribution in [1.29, 1.82) is 0 Å². The number of hydrogen-bond donors (Lipinski definition) is 1. The predicted molar refractivity (Wildman–Crippen MR) is 111 cm³/mol. The Morgan fingerprint density at radius 2 is 1.79 bits per heavy atom. The summed E-state index contributed by atoms with van der Waals surface area (Å²) in [6.45, 7) is 4.93. The summed E-state index contributed by atoms with van der Waals surface area (Å²) in [5, 5.41) is 9.86. The number of aromatic hydroxyl groups is 1. The molecular formula is C25H24O3. The van der Waals surface area contributed by atoms with Crippen LogP contribution >= 0.6 is 0 Å². The standard InChI is InChI=1S/C25H24O3/c1-2-3-15-27-21-12-9-19(10-13-21)25-22-14-11-20(26)16-24(22)28-17-23(25)18-7-5-4-6-8-18/h2,4-14,16,23,25-26H,1,3,15,17H2/t23-,25-/m1/s1. The maximum Gasteiger partial charge on any atom is 0.126 e. The monoisotopic (exact) mass is 372 g/mol. The highest BCUT2D eigenvalue weighted by molar-refractivity contribution is 5.50. The number of ether oxygens (including phenoxy) is 2. The molecule has 0 aliphatic carbocycles. The number of benzene rings is 3. The SMILES string of the molecule is C=CCCOc1ccc([C@@H]2c3ccc(O)cc3OC[C@@H]2c2ccccc2)cc1. The summed E-state index contributed by atoms with van der Waals surface area (Å²) < 4.78 is 11.8. The zero-order chi connectivity index (χ0) is 19.3. The van der Waals surface area contributed by atoms with Crippen molar-refractivity contribution < 1.29 is 14.6 Å². The van der Waals surface area contributed by atoms with Crippen LogP contribution in [0.25, 0.3) is 0 Å².